The van der Waals surface area contributed by atoms with E-state index in [0.717, 1.165) is 43.9 Å². The van der Waals surface area contributed by atoms with E-state index >= 15 is 0 Å². The summed E-state index contributed by atoms with van der Waals surface area (Å²) in [5.41, 5.74) is 1.08. The second kappa shape index (κ2) is 9.06. The molecule has 7 nitrogen and oxygen atoms in total. The summed E-state index contributed by atoms with van der Waals surface area (Å²) >= 11 is 0. The molecule has 7 heteroatoms. The van der Waals surface area contributed by atoms with Gasteiger partial charge in [-0.2, -0.15) is 0 Å². The maximum atomic E-state index is 13.1. The Hall–Kier alpha value is -2.93. The fourth-order valence-corrected chi connectivity index (χ4v) is 4.12. The molecule has 1 aromatic carbocycles. The summed E-state index contributed by atoms with van der Waals surface area (Å²) in [5.74, 6) is 1.55. The molecule has 1 atom stereocenters. The van der Waals surface area contributed by atoms with Gasteiger partial charge in [0.25, 0.3) is 11.5 Å². The van der Waals surface area contributed by atoms with Crippen LogP contribution in [-0.2, 0) is 19.4 Å². The van der Waals surface area contributed by atoms with Crippen LogP contribution in [0.2, 0.25) is 0 Å². The Kier molecular flexibility index (Phi) is 6.23. The molecule has 1 N–H and O–H groups in total. The van der Waals surface area contributed by atoms with Gasteiger partial charge >= 0.3 is 0 Å². The molecule has 1 aliphatic rings. The molecule has 0 saturated carbocycles. The monoisotopic (exact) mass is 422 g/mol. The van der Waals surface area contributed by atoms with Gasteiger partial charge in [0.1, 0.15) is 11.6 Å². The van der Waals surface area contributed by atoms with Gasteiger partial charge in [-0.1, -0.05) is 0 Å². The van der Waals surface area contributed by atoms with E-state index in [9.17, 15) is 9.59 Å². The Bertz CT molecular complexity index is 1120. The molecule has 1 aliphatic heterocycles. The van der Waals surface area contributed by atoms with Crippen molar-refractivity contribution in [3.05, 3.63) is 64.1 Å². The molecule has 1 amide bonds. The molecule has 3 heterocycles. The first-order chi connectivity index (χ1) is 14.9. The number of nitrogens with one attached hydrogen (secondary N) is 1. The van der Waals surface area contributed by atoms with Gasteiger partial charge in [-0.15, -0.1) is 0 Å². The summed E-state index contributed by atoms with van der Waals surface area (Å²) in [7, 11) is 0. The van der Waals surface area contributed by atoms with Crippen LogP contribution in [0.1, 0.15) is 49.1 Å². The summed E-state index contributed by atoms with van der Waals surface area (Å²) in [5, 5.41) is 3.59. The van der Waals surface area contributed by atoms with E-state index in [1.807, 2.05) is 19.1 Å². The normalized spacial score (nSPS) is 15.6. The van der Waals surface area contributed by atoms with Crippen LogP contribution in [0.4, 0.5) is 0 Å². The zero-order chi connectivity index (χ0) is 22.0. The van der Waals surface area contributed by atoms with E-state index < -0.39 is 0 Å². The minimum absolute atomic E-state index is 0.000873. The van der Waals surface area contributed by atoms with Crippen LogP contribution >= 0.6 is 0 Å². The van der Waals surface area contributed by atoms with Crippen molar-refractivity contribution in [3.8, 4) is 0 Å². The minimum atomic E-state index is -0.156. The number of carbonyl (C=O) groups excluding carboxylic acids is 1. The molecule has 0 saturated heterocycles. The molecule has 31 heavy (non-hydrogen) atoms. The van der Waals surface area contributed by atoms with Crippen molar-refractivity contribution >= 4 is 16.8 Å². The summed E-state index contributed by atoms with van der Waals surface area (Å²) in [6.07, 6.45) is 3.93. The van der Waals surface area contributed by atoms with Crippen molar-refractivity contribution in [2.75, 3.05) is 13.1 Å². The van der Waals surface area contributed by atoms with Gasteiger partial charge in [0.05, 0.1) is 17.2 Å². The van der Waals surface area contributed by atoms with Crippen LogP contribution in [0, 0.1) is 0 Å². The number of carbonyl (C=O) groups is 1. The largest absolute Gasteiger partial charge is 0.469 e. The number of hydrogen-bond acceptors (Lipinski definition) is 5. The molecular weight excluding hydrogens is 392 g/mol. The number of rotatable bonds is 6. The lowest BCUT2D eigenvalue weighted by Gasteiger charge is -2.23. The quantitative estimate of drug-likeness (QED) is 0.661. The molecule has 0 spiro atoms. The first-order valence-corrected chi connectivity index (χ1v) is 11.0. The van der Waals surface area contributed by atoms with Gasteiger partial charge in [-0.25, -0.2) is 4.98 Å². The highest BCUT2D eigenvalue weighted by Gasteiger charge is 2.20. The molecule has 0 aliphatic carbocycles. The Morgan fingerprint density at radius 1 is 1.19 bits per heavy atom. The maximum absolute atomic E-state index is 13.1. The molecule has 164 valence electrons. The predicted octanol–water partition coefficient (Wildman–Crippen LogP) is 3.01. The smallest absolute Gasteiger partial charge is 0.261 e. The summed E-state index contributed by atoms with van der Waals surface area (Å²) in [6, 6.07) is 9.41. The number of aryl methyl sites for hydroxylation is 1. The Morgan fingerprint density at radius 2 is 2.03 bits per heavy atom. The maximum Gasteiger partial charge on any atom is 0.261 e. The highest BCUT2D eigenvalue weighted by atomic mass is 16.3. The lowest BCUT2D eigenvalue weighted by molar-refractivity contribution is 0.0938. The van der Waals surface area contributed by atoms with Crippen LogP contribution in [0.15, 0.2) is 45.8 Å². The highest BCUT2D eigenvalue weighted by Crippen LogP contribution is 2.15. The van der Waals surface area contributed by atoms with Crippen molar-refractivity contribution in [3.63, 3.8) is 0 Å². The second-order valence-electron chi connectivity index (χ2n) is 8.59. The number of benzene rings is 1. The number of furan rings is 1. The van der Waals surface area contributed by atoms with E-state index in [4.69, 9.17) is 9.40 Å². The molecule has 3 aromatic rings. The third-order valence-electron chi connectivity index (χ3n) is 6.04. The topological polar surface area (TPSA) is 80.4 Å². The summed E-state index contributed by atoms with van der Waals surface area (Å²) < 4.78 is 7.14. The number of amides is 1. The van der Waals surface area contributed by atoms with E-state index in [2.05, 4.69) is 24.1 Å². The van der Waals surface area contributed by atoms with Crippen molar-refractivity contribution in [1.29, 1.82) is 0 Å². The van der Waals surface area contributed by atoms with Gasteiger partial charge < -0.3 is 9.73 Å². The average Bonchev–Trinajstić information content (AvgIpc) is 3.17. The lowest BCUT2D eigenvalue weighted by atomic mass is 10.1. The fourth-order valence-electron chi connectivity index (χ4n) is 4.12. The van der Waals surface area contributed by atoms with E-state index in [1.165, 1.54) is 0 Å². The van der Waals surface area contributed by atoms with Gasteiger partial charge in [-0.05, 0) is 57.5 Å². The summed E-state index contributed by atoms with van der Waals surface area (Å²) in [6.45, 7) is 8.68. The Labute approximate surface area is 182 Å². The van der Waals surface area contributed by atoms with Crippen molar-refractivity contribution in [2.45, 2.75) is 58.7 Å². The third kappa shape index (κ3) is 4.71. The molecule has 4 rings (SSSR count). The number of nitrogens with zero attached hydrogens (tertiary/aromatic N) is 3. The molecule has 0 radical (unpaired) electrons. The van der Waals surface area contributed by atoms with Crippen molar-refractivity contribution in [1.82, 2.24) is 19.8 Å². The minimum Gasteiger partial charge on any atom is -0.469 e. The van der Waals surface area contributed by atoms with Gasteiger partial charge in [-0.3, -0.25) is 19.1 Å². The SMILES string of the molecule is CC(C)N1CCc2nc3cc(C(=O)N[C@@H](C)CCc4ccco4)ccc3c(=O)n2CC1. The van der Waals surface area contributed by atoms with Crippen LogP contribution in [0.3, 0.4) is 0 Å². The van der Waals surface area contributed by atoms with Crippen molar-refractivity contribution < 1.29 is 9.21 Å². The number of hydrogen-bond donors (Lipinski definition) is 1. The number of fused-ring (bicyclic) bond motifs is 2. The third-order valence-corrected chi connectivity index (χ3v) is 6.04. The standard InChI is InChI=1S/C24H30N4O3/c1-16(2)27-11-10-22-26-21-15-18(7-9-20(21)24(30)28(22)13-12-27)23(29)25-17(3)6-8-19-5-4-14-31-19/h4-5,7,9,14-17H,6,8,10-13H2,1-3H3,(H,25,29)/t17-/m0/s1. The first kappa shape index (κ1) is 21.3. The van der Waals surface area contributed by atoms with Crippen LogP contribution < -0.4 is 10.9 Å². The van der Waals surface area contributed by atoms with Crippen LogP contribution in [-0.4, -0.2) is 45.5 Å². The summed E-state index contributed by atoms with van der Waals surface area (Å²) in [4.78, 5) is 32.9. The van der Waals surface area contributed by atoms with Crippen molar-refractivity contribution in [2.24, 2.45) is 0 Å². The second-order valence-corrected chi connectivity index (χ2v) is 8.59. The van der Waals surface area contributed by atoms with Gasteiger partial charge in [0.15, 0.2) is 0 Å². The average molecular weight is 423 g/mol. The van der Waals surface area contributed by atoms with E-state index in [-0.39, 0.29) is 17.5 Å². The molecule has 0 unspecified atom stereocenters. The molecule has 0 bridgehead atoms. The predicted molar refractivity (Wildman–Crippen MR) is 120 cm³/mol. The van der Waals surface area contributed by atoms with E-state index in [1.54, 1.807) is 29.0 Å². The Morgan fingerprint density at radius 3 is 2.77 bits per heavy atom. The lowest BCUT2D eigenvalue weighted by Crippen LogP contribution is -2.34. The van der Waals surface area contributed by atoms with Gasteiger partial charge in [0, 0.05) is 50.1 Å². The van der Waals surface area contributed by atoms with E-state index in [0.29, 0.717) is 29.1 Å². The zero-order valence-corrected chi connectivity index (χ0v) is 18.4. The van der Waals surface area contributed by atoms with Crippen LogP contribution in [0.25, 0.3) is 10.9 Å². The highest BCUT2D eigenvalue weighted by molar-refractivity contribution is 5.97. The van der Waals surface area contributed by atoms with Crippen LogP contribution in [0.5, 0.6) is 0 Å². The number of aromatic nitrogens is 2. The Balaban J connectivity index is 1.51. The van der Waals surface area contributed by atoms with Gasteiger partial charge in [0.2, 0.25) is 0 Å². The molecule has 0 fully saturated rings. The first-order valence-electron chi connectivity index (χ1n) is 11.0. The zero-order valence-electron chi connectivity index (χ0n) is 18.4. The molecule has 2 aromatic heterocycles. The molecular formula is C24H30N4O3. The fraction of sp³-hybridized carbons (Fsp3) is 0.458.